The van der Waals surface area contributed by atoms with Gasteiger partial charge < -0.3 is 14.7 Å². The number of likely N-dealkylation sites (tertiary alicyclic amines) is 1. The number of aliphatic carboxylic acids is 1. The van der Waals surface area contributed by atoms with Crippen molar-refractivity contribution in [3.63, 3.8) is 0 Å². The van der Waals surface area contributed by atoms with Crippen molar-refractivity contribution in [2.45, 2.75) is 19.4 Å². The van der Waals surface area contributed by atoms with Gasteiger partial charge in [-0.1, -0.05) is 12.1 Å². The van der Waals surface area contributed by atoms with E-state index < -0.39 is 16.9 Å². The van der Waals surface area contributed by atoms with Crippen molar-refractivity contribution in [1.29, 1.82) is 0 Å². The van der Waals surface area contributed by atoms with Crippen molar-refractivity contribution in [1.82, 2.24) is 14.7 Å². The topological polar surface area (TPSA) is 122 Å². The second kappa shape index (κ2) is 7.36. The summed E-state index contributed by atoms with van der Waals surface area (Å²) in [5.41, 5.74) is -1.87. The van der Waals surface area contributed by atoms with Crippen molar-refractivity contribution in [3.05, 3.63) is 45.0 Å². The molecule has 1 aromatic heterocycles. The molecule has 1 atom stereocenters. The lowest BCUT2D eigenvalue weighted by Crippen LogP contribution is -2.40. The summed E-state index contributed by atoms with van der Waals surface area (Å²) in [6.07, 6.45) is 0.297. The molecule has 3 rings (SSSR count). The van der Waals surface area contributed by atoms with Crippen LogP contribution in [0.25, 0.3) is 10.8 Å². The molecule has 144 valence electrons. The fourth-order valence-corrected chi connectivity index (χ4v) is 3.49. The number of nitrogens with one attached hydrogen (secondary N) is 1. The Labute approximate surface area is 154 Å². The molecule has 1 aliphatic rings. The molecule has 2 N–H and O–H groups in total. The minimum atomic E-state index is -1.10. The van der Waals surface area contributed by atoms with Crippen LogP contribution < -0.4 is 11.1 Å². The number of aromatic nitrogens is 2. The van der Waals surface area contributed by atoms with E-state index in [1.807, 2.05) is 0 Å². The minimum absolute atomic E-state index is 0.0125. The van der Waals surface area contributed by atoms with Crippen molar-refractivity contribution < 1.29 is 19.4 Å². The fraction of sp³-hybridized carbons (Fsp3) is 0.444. The van der Waals surface area contributed by atoms with Crippen LogP contribution in [0.1, 0.15) is 12.8 Å². The Morgan fingerprint density at radius 1 is 1.26 bits per heavy atom. The highest BCUT2D eigenvalue weighted by Crippen LogP contribution is 2.31. The molecule has 1 fully saturated rings. The molecule has 1 unspecified atom stereocenters. The summed E-state index contributed by atoms with van der Waals surface area (Å²) >= 11 is 0. The number of aryl methyl sites for hydroxylation is 1. The predicted molar refractivity (Wildman–Crippen MR) is 96.6 cm³/mol. The van der Waals surface area contributed by atoms with Crippen molar-refractivity contribution >= 4 is 22.6 Å². The number of methoxy groups -OCH3 is 1. The number of hydrogen-bond acceptors (Lipinski definition) is 5. The summed E-state index contributed by atoms with van der Waals surface area (Å²) in [5.74, 6) is -1.26. The smallest absolute Gasteiger partial charge is 0.313 e. The first-order valence-corrected chi connectivity index (χ1v) is 8.60. The Kier molecular flexibility index (Phi) is 5.13. The van der Waals surface area contributed by atoms with E-state index in [0.717, 1.165) is 4.68 Å². The van der Waals surface area contributed by atoms with E-state index in [1.165, 1.54) is 12.0 Å². The SMILES string of the molecule is COCC1(C(=O)O)CCN(C(=O)CCn2[nH]c(=O)c3ccccc3c2=O)C1. The van der Waals surface area contributed by atoms with Gasteiger partial charge in [0, 0.05) is 26.6 Å². The molecule has 1 aromatic carbocycles. The van der Waals surface area contributed by atoms with E-state index in [2.05, 4.69) is 5.10 Å². The first-order chi connectivity index (χ1) is 12.9. The van der Waals surface area contributed by atoms with Gasteiger partial charge in [-0.15, -0.1) is 0 Å². The molecule has 1 amide bonds. The molecule has 9 nitrogen and oxygen atoms in total. The van der Waals surface area contributed by atoms with Gasteiger partial charge in [-0.2, -0.15) is 0 Å². The maximum Gasteiger partial charge on any atom is 0.313 e. The number of nitrogens with zero attached hydrogens (tertiary/aromatic N) is 2. The Morgan fingerprint density at radius 2 is 1.96 bits per heavy atom. The molecule has 2 heterocycles. The van der Waals surface area contributed by atoms with Crippen LogP contribution in [-0.2, 0) is 20.9 Å². The standard InChI is InChI=1S/C18H21N3O6/c1-27-11-18(17(25)26)7-9-20(10-18)14(22)6-8-21-16(24)13-5-3-2-4-12(13)15(23)19-21/h2-5H,6-11H2,1H3,(H,19,23)(H,25,26). The third kappa shape index (κ3) is 3.50. The number of rotatable bonds is 6. The van der Waals surface area contributed by atoms with Crippen LogP contribution in [0.15, 0.2) is 33.9 Å². The van der Waals surface area contributed by atoms with Gasteiger partial charge in [0.1, 0.15) is 5.41 Å². The van der Waals surface area contributed by atoms with Crippen LogP contribution >= 0.6 is 0 Å². The van der Waals surface area contributed by atoms with E-state index >= 15 is 0 Å². The molecule has 0 saturated carbocycles. The Hall–Kier alpha value is -2.94. The van der Waals surface area contributed by atoms with Gasteiger partial charge in [0.2, 0.25) is 5.91 Å². The average molecular weight is 375 g/mol. The monoisotopic (exact) mass is 375 g/mol. The van der Waals surface area contributed by atoms with Gasteiger partial charge in [0.25, 0.3) is 11.1 Å². The second-order valence-corrected chi connectivity index (χ2v) is 6.78. The second-order valence-electron chi connectivity index (χ2n) is 6.78. The average Bonchev–Trinajstić information content (AvgIpc) is 3.09. The molecule has 0 bridgehead atoms. The van der Waals surface area contributed by atoms with Gasteiger partial charge in [-0.25, -0.2) is 4.68 Å². The largest absolute Gasteiger partial charge is 0.481 e. The lowest BCUT2D eigenvalue weighted by Gasteiger charge is -2.23. The normalized spacial score (nSPS) is 19.5. The predicted octanol–water partition coefficient (Wildman–Crippen LogP) is 0.0296. The van der Waals surface area contributed by atoms with Crippen LogP contribution in [0.3, 0.4) is 0 Å². The van der Waals surface area contributed by atoms with Gasteiger partial charge >= 0.3 is 5.97 Å². The number of carbonyl (C=O) groups excluding carboxylic acids is 1. The number of benzene rings is 1. The number of carboxylic acids is 1. The minimum Gasteiger partial charge on any atom is -0.481 e. The van der Waals surface area contributed by atoms with Crippen LogP contribution in [0.5, 0.6) is 0 Å². The summed E-state index contributed by atoms with van der Waals surface area (Å²) in [5, 5.41) is 12.5. The maximum atomic E-state index is 12.5. The van der Waals surface area contributed by atoms with E-state index in [9.17, 15) is 24.3 Å². The summed E-state index contributed by atoms with van der Waals surface area (Å²) in [6.45, 7) is 0.429. The molecule has 1 saturated heterocycles. The van der Waals surface area contributed by atoms with E-state index in [4.69, 9.17) is 4.74 Å². The lowest BCUT2D eigenvalue weighted by molar-refractivity contribution is -0.151. The molecule has 9 heteroatoms. The van der Waals surface area contributed by atoms with E-state index in [-0.39, 0.29) is 37.6 Å². The molecule has 0 aliphatic carbocycles. The van der Waals surface area contributed by atoms with Gasteiger partial charge in [0.15, 0.2) is 0 Å². The first kappa shape index (κ1) is 18.8. The third-order valence-corrected chi connectivity index (χ3v) is 5.01. The number of carbonyl (C=O) groups is 2. The number of carboxylic acid groups (broad SMARTS) is 1. The van der Waals surface area contributed by atoms with Crippen LogP contribution in [0.2, 0.25) is 0 Å². The molecule has 1 aliphatic heterocycles. The third-order valence-electron chi connectivity index (χ3n) is 5.01. The van der Waals surface area contributed by atoms with Gasteiger partial charge in [-0.3, -0.25) is 24.3 Å². The zero-order chi connectivity index (χ0) is 19.6. The number of H-pyrrole nitrogens is 1. The maximum absolute atomic E-state index is 12.5. The number of ether oxygens (including phenoxy) is 1. The van der Waals surface area contributed by atoms with Gasteiger partial charge in [0.05, 0.1) is 23.9 Å². The highest BCUT2D eigenvalue weighted by atomic mass is 16.5. The first-order valence-electron chi connectivity index (χ1n) is 8.60. The quantitative estimate of drug-likeness (QED) is 0.735. The molecular weight excluding hydrogens is 354 g/mol. The fourth-order valence-electron chi connectivity index (χ4n) is 3.49. The van der Waals surface area contributed by atoms with Crippen LogP contribution in [0.4, 0.5) is 0 Å². The van der Waals surface area contributed by atoms with E-state index in [0.29, 0.717) is 23.7 Å². The summed E-state index contributed by atoms with van der Waals surface area (Å²) < 4.78 is 6.14. The van der Waals surface area contributed by atoms with Crippen molar-refractivity contribution in [2.24, 2.45) is 5.41 Å². The Balaban J connectivity index is 1.73. The highest BCUT2D eigenvalue weighted by Gasteiger charge is 2.46. The van der Waals surface area contributed by atoms with Crippen molar-refractivity contribution in [2.75, 3.05) is 26.8 Å². The molecule has 27 heavy (non-hydrogen) atoms. The number of amides is 1. The molecule has 0 radical (unpaired) electrons. The summed E-state index contributed by atoms with van der Waals surface area (Å²) in [7, 11) is 1.43. The Bertz CT molecular complexity index is 994. The Morgan fingerprint density at radius 3 is 2.63 bits per heavy atom. The molecular formula is C18H21N3O6. The highest BCUT2D eigenvalue weighted by molar-refractivity contribution is 5.81. The zero-order valence-electron chi connectivity index (χ0n) is 14.9. The zero-order valence-corrected chi connectivity index (χ0v) is 14.9. The van der Waals surface area contributed by atoms with Crippen molar-refractivity contribution in [3.8, 4) is 0 Å². The number of aromatic amines is 1. The van der Waals surface area contributed by atoms with Crippen LogP contribution in [-0.4, -0.2) is 58.5 Å². The number of hydrogen-bond donors (Lipinski definition) is 2. The summed E-state index contributed by atoms with van der Waals surface area (Å²) in [6, 6.07) is 6.48. The van der Waals surface area contributed by atoms with Gasteiger partial charge in [-0.05, 0) is 18.6 Å². The lowest BCUT2D eigenvalue weighted by atomic mass is 9.88. The molecule has 2 aromatic rings. The summed E-state index contributed by atoms with van der Waals surface area (Å²) in [4.78, 5) is 50.1. The number of fused-ring (bicyclic) bond motifs is 1. The van der Waals surface area contributed by atoms with Crippen LogP contribution in [0, 0.1) is 5.41 Å². The molecule has 0 spiro atoms. The van der Waals surface area contributed by atoms with E-state index in [1.54, 1.807) is 24.3 Å².